The number of aryl methyl sites for hydroxylation is 1. The molecule has 4 aliphatic carbocycles. The van der Waals surface area contributed by atoms with Crippen molar-refractivity contribution in [2.24, 2.45) is 17.3 Å². The van der Waals surface area contributed by atoms with E-state index in [0.717, 1.165) is 25.7 Å². The summed E-state index contributed by atoms with van der Waals surface area (Å²) in [6, 6.07) is 1.78. The lowest BCUT2D eigenvalue weighted by molar-refractivity contribution is -0.177. The van der Waals surface area contributed by atoms with Gasteiger partial charge in [0.05, 0.1) is 5.41 Å². The Balaban J connectivity index is 1.51. The molecule has 1 heterocycles. The van der Waals surface area contributed by atoms with Crippen LogP contribution < -0.4 is 5.32 Å². The van der Waals surface area contributed by atoms with Gasteiger partial charge in [-0.2, -0.15) is 0 Å². The van der Waals surface area contributed by atoms with E-state index in [0.29, 0.717) is 29.7 Å². The highest BCUT2D eigenvalue weighted by Crippen LogP contribution is 2.62. The summed E-state index contributed by atoms with van der Waals surface area (Å²) < 4.78 is 10.6. The molecule has 6 nitrogen and oxygen atoms in total. The molecule has 24 heavy (non-hydrogen) atoms. The van der Waals surface area contributed by atoms with E-state index in [2.05, 4.69) is 10.5 Å². The highest BCUT2D eigenvalue weighted by atomic mass is 16.5. The third kappa shape index (κ3) is 2.62. The highest BCUT2D eigenvalue weighted by molar-refractivity contribution is 5.79. The summed E-state index contributed by atoms with van der Waals surface area (Å²) in [5.74, 6) is 1.60. The molecule has 4 aliphatic rings. The van der Waals surface area contributed by atoms with Gasteiger partial charge in [0.2, 0.25) is 5.91 Å². The van der Waals surface area contributed by atoms with Gasteiger partial charge in [-0.1, -0.05) is 5.16 Å². The number of nitrogens with zero attached hydrogens (tertiary/aromatic N) is 1. The molecule has 1 aromatic rings. The molecular weight excluding hydrogens is 308 g/mol. The number of hydrogen-bond acceptors (Lipinski definition) is 5. The highest BCUT2D eigenvalue weighted by Gasteiger charge is 2.61. The minimum atomic E-state index is -0.439. The van der Waals surface area contributed by atoms with Crippen LogP contribution >= 0.6 is 0 Å². The molecule has 4 saturated carbocycles. The Kier molecular flexibility index (Phi) is 3.48. The fourth-order valence-electron chi connectivity index (χ4n) is 5.80. The van der Waals surface area contributed by atoms with Crippen molar-refractivity contribution in [2.45, 2.75) is 64.5 Å². The van der Waals surface area contributed by atoms with Crippen LogP contribution in [0.5, 0.6) is 0 Å². The zero-order valence-electron chi connectivity index (χ0n) is 14.3. The first-order valence-electron chi connectivity index (χ1n) is 8.76. The molecule has 2 unspecified atom stereocenters. The smallest absolute Gasteiger partial charge is 0.312 e. The third-order valence-corrected chi connectivity index (χ3v) is 5.96. The van der Waals surface area contributed by atoms with Crippen molar-refractivity contribution in [1.29, 1.82) is 0 Å². The Morgan fingerprint density at radius 2 is 2.04 bits per heavy atom. The number of nitrogens with one attached hydrogen (secondary N) is 1. The zero-order valence-corrected chi connectivity index (χ0v) is 14.3. The van der Waals surface area contributed by atoms with Crippen LogP contribution in [0.2, 0.25) is 0 Å². The van der Waals surface area contributed by atoms with E-state index in [4.69, 9.17) is 9.26 Å². The van der Waals surface area contributed by atoms with Crippen LogP contribution in [-0.4, -0.2) is 22.6 Å². The Morgan fingerprint density at radius 1 is 1.33 bits per heavy atom. The van der Waals surface area contributed by atoms with Crippen LogP contribution in [0.4, 0.5) is 0 Å². The van der Waals surface area contributed by atoms with Crippen molar-refractivity contribution in [3.8, 4) is 0 Å². The summed E-state index contributed by atoms with van der Waals surface area (Å²) in [5.41, 5.74) is -0.00720. The van der Waals surface area contributed by atoms with Crippen LogP contribution in [0.25, 0.3) is 0 Å². The Hall–Kier alpha value is -1.85. The van der Waals surface area contributed by atoms with Gasteiger partial charge in [0.1, 0.15) is 18.1 Å². The SMILES string of the molecule is CC(=O)NC12CC3CC(C1)CC(C(=O)OCc1cc(C)on1)(C3)C2. The van der Waals surface area contributed by atoms with Gasteiger partial charge < -0.3 is 14.6 Å². The second-order valence-electron chi connectivity index (χ2n) is 8.21. The van der Waals surface area contributed by atoms with E-state index in [1.807, 2.05) is 6.92 Å². The van der Waals surface area contributed by atoms with Crippen molar-refractivity contribution in [3.05, 3.63) is 17.5 Å². The molecule has 0 aromatic carbocycles. The molecule has 1 amide bonds. The summed E-state index contributed by atoms with van der Waals surface area (Å²) >= 11 is 0. The van der Waals surface area contributed by atoms with Gasteiger partial charge in [0.25, 0.3) is 0 Å². The molecule has 5 rings (SSSR count). The maximum absolute atomic E-state index is 12.9. The van der Waals surface area contributed by atoms with Crippen molar-refractivity contribution in [2.75, 3.05) is 0 Å². The van der Waals surface area contributed by atoms with Crippen LogP contribution in [0.1, 0.15) is 56.9 Å². The Bertz CT molecular complexity index is 666. The first-order chi connectivity index (χ1) is 11.4. The average Bonchev–Trinajstić information content (AvgIpc) is 2.87. The first kappa shape index (κ1) is 15.7. The van der Waals surface area contributed by atoms with Gasteiger partial charge in [0, 0.05) is 18.5 Å². The van der Waals surface area contributed by atoms with E-state index >= 15 is 0 Å². The van der Waals surface area contributed by atoms with Gasteiger partial charge in [-0.25, -0.2) is 0 Å². The van der Waals surface area contributed by atoms with Crippen molar-refractivity contribution < 1.29 is 18.8 Å². The molecule has 6 heteroatoms. The number of aromatic nitrogens is 1. The molecular formula is C18H24N2O4. The van der Waals surface area contributed by atoms with Crippen molar-refractivity contribution in [1.82, 2.24) is 10.5 Å². The van der Waals surface area contributed by atoms with Gasteiger partial charge >= 0.3 is 5.97 Å². The average molecular weight is 332 g/mol. The first-order valence-corrected chi connectivity index (χ1v) is 8.76. The number of amides is 1. The summed E-state index contributed by atoms with van der Waals surface area (Å²) in [6.45, 7) is 3.53. The Morgan fingerprint density at radius 3 is 2.62 bits per heavy atom. The summed E-state index contributed by atoms with van der Waals surface area (Å²) in [5, 5.41) is 7.05. The predicted octanol–water partition coefficient (Wildman–Crippen LogP) is 2.50. The van der Waals surface area contributed by atoms with Gasteiger partial charge in [-0.3, -0.25) is 9.59 Å². The summed E-state index contributed by atoms with van der Waals surface area (Å²) in [4.78, 5) is 24.6. The monoisotopic (exact) mass is 332 g/mol. The van der Waals surface area contributed by atoms with Gasteiger partial charge in [0.15, 0.2) is 0 Å². The van der Waals surface area contributed by atoms with Crippen LogP contribution in [0.3, 0.4) is 0 Å². The van der Waals surface area contributed by atoms with E-state index in [9.17, 15) is 9.59 Å². The third-order valence-electron chi connectivity index (χ3n) is 5.96. The molecule has 2 atom stereocenters. The minimum Gasteiger partial charge on any atom is -0.459 e. The predicted molar refractivity (Wildman–Crippen MR) is 84.7 cm³/mol. The van der Waals surface area contributed by atoms with Crippen molar-refractivity contribution >= 4 is 11.9 Å². The lowest BCUT2D eigenvalue weighted by atomic mass is 9.47. The Labute approximate surface area is 141 Å². The molecule has 1 N–H and O–H groups in total. The van der Waals surface area contributed by atoms with Crippen molar-refractivity contribution in [3.63, 3.8) is 0 Å². The molecule has 130 valence electrons. The van der Waals surface area contributed by atoms with E-state index in [-0.39, 0.29) is 24.0 Å². The van der Waals surface area contributed by atoms with E-state index in [1.165, 1.54) is 6.42 Å². The minimum absolute atomic E-state index is 0.00135. The fourth-order valence-corrected chi connectivity index (χ4v) is 5.80. The molecule has 4 bridgehead atoms. The van der Waals surface area contributed by atoms with Crippen LogP contribution in [0.15, 0.2) is 10.6 Å². The number of ether oxygens (including phenoxy) is 1. The maximum Gasteiger partial charge on any atom is 0.312 e. The molecule has 1 aromatic heterocycles. The number of carbonyl (C=O) groups excluding carboxylic acids is 2. The normalized spacial score (nSPS) is 36.6. The number of carbonyl (C=O) groups is 2. The van der Waals surface area contributed by atoms with E-state index < -0.39 is 5.41 Å². The number of hydrogen-bond donors (Lipinski definition) is 1. The standard InChI is InChI=1S/C18H24N2O4/c1-11-3-15(20-24-11)9-23-16(22)17-5-13-4-14(6-17)8-18(7-13,10-17)19-12(2)21/h3,13-14H,4-10H2,1-2H3,(H,19,21). The summed E-state index contributed by atoms with van der Waals surface area (Å²) in [6.07, 6.45) is 5.67. The maximum atomic E-state index is 12.9. The molecule has 0 aliphatic heterocycles. The lowest BCUT2D eigenvalue weighted by Gasteiger charge is -2.60. The summed E-state index contributed by atoms with van der Waals surface area (Å²) in [7, 11) is 0. The van der Waals surface area contributed by atoms with Crippen LogP contribution in [-0.2, 0) is 20.9 Å². The zero-order chi connectivity index (χ0) is 16.9. The van der Waals surface area contributed by atoms with E-state index in [1.54, 1.807) is 13.0 Å². The van der Waals surface area contributed by atoms with Crippen LogP contribution in [0, 0.1) is 24.2 Å². The number of rotatable bonds is 4. The quantitative estimate of drug-likeness (QED) is 0.857. The molecule has 0 spiro atoms. The fraction of sp³-hybridized carbons (Fsp3) is 0.722. The largest absolute Gasteiger partial charge is 0.459 e. The number of esters is 1. The topological polar surface area (TPSA) is 81.4 Å². The van der Waals surface area contributed by atoms with Gasteiger partial charge in [-0.05, 0) is 57.3 Å². The second-order valence-corrected chi connectivity index (χ2v) is 8.21. The second kappa shape index (κ2) is 5.33. The molecule has 0 radical (unpaired) electrons. The van der Waals surface area contributed by atoms with Gasteiger partial charge in [-0.15, -0.1) is 0 Å². The molecule has 4 fully saturated rings. The lowest BCUT2D eigenvalue weighted by Crippen LogP contribution is -2.64. The molecule has 0 saturated heterocycles.